The number of rotatable bonds is 48. The molecule has 0 aliphatic rings. The van der Waals surface area contributed by atoms with Gasteiger partial charge in [0.05, 0.1) is 0 Å². The summed E-state index contributed by atoms with van der Waals surface area (Å²) in [5, 5.41) is 0. The predicted molar refractivity (Wildman–Crippen MR) is 274 cm³/mol. The van der Waals surface area contributed by atoms with Gasteiger partial charge >= 0.3 is 17.9 Å². The van der Waals surface area contributed by atoms with Crippen LogP contribution in [0, 0.1) is 0 Å². The first-order valence-electron chi connectivity index (χ1n) is 26.9. The Balaban J connectivity index is 4.47. The highest BCUT2D eigenvalue weighted by atomic mass is 16.6. The molecule has 0 aliphatic carbocycles. The molecule has 0 amide bonds. The molecule has 0 N–H and O–H groups in total. The fourth-order valence-corrected chi connectivity index (χ4v) is 7.31. The van der Waals surface area contributed by atoms with Crippen LogP contribution in [0.1, 0.15) is 258 Å². The van der Waals surface area contributed by atoms with Crippen molar-refractivity contribution < 1.29 is 28.6 Å². The molecule has 0 aromatic carbocycles. The number of carbonyl (C=O) groups excluding carboxylic acids is 3. The summed E-state index contributed by atoms with van der Waals surface area (Å²) in [4.78, 5) is 38.0. The standard InChI is InChI=1S/C58H100O6/c1-4-7-10-13-16-19-22-25-27-29-31-33-36-39-42-45-48-51-57(60)63-54-55(53-62-56(59)50-47-44-41-38-35-24-21-18-15-12-9-6-3)64-58(61)52-49-46-43-40-37-34-32-30-28-26-23-20-17-14-11-8-5-2/h16,18-19,21,25-28,31,33,39,42,55H,4-15,17,20,22-24,29-30,32,34-38,40-41,43-54H2,1-3H3/b19-16-,21-18-,27-25-,28-26-,33-31-,42-39-. The summed E-state index contributed by atoms with van der Waals surface area (Å²) in [6.07, 6.45) is 66.0. The van der Waals surface area contributed by atoms with E-state index in [2.05, 4.69) is 93.7 Å². The van der Waals surface area contributed by atoms with E-state index in [0.717, 1.165) is 70.6 Å². The van der Waals surface area contributed by atoms with Crippen LogP contribution in [-0.2, 0) is 28.6 Å². The molecule has 0 aliphatic heterocycles. The van der Waals surface area contributed by atoms with Crippen LogP contribution in [-0.4, -0.2) is 37.2 Å². The number of unbranched alkanes of at least 4 members (excludes halogenated alkanes) is 25. The molecule has 0 aromatic rings. The molecule has 0 spiro atoms. The molecule has 0 radical (unpaired) electrons. The van der Waals surface area contributed by atoms with Crippen LogP contribution >= 0.6 is 0 Å². The van der Waals surface area contributed by atoms with E-state index in [1.807, 2.05) is 0 Å². The third-order valence-electron chi connectivity index (χ3n) is 11.4. The van der Waals surface area contributed by atoms with E-state index in [9.17, 15) is 14.4 Å². The lowest BCUT2D eigenvalue weighted by Gasteiger charge is -2.18. The first-order chi connectivity index (χ1) is 31.5. The summed E-state index contributed by atoms with van der Waals surface area (Å²) in [5.74, 6) is -0.966. The summed E-state index contributed by atoms with van der Waals surface area (Å²) >= 11 is 0. The van der Waals surface area contributed by atoms with Gasteiger partial charge in [-0.15, -0.1) is 0 Å². The van der Waals surface area contributed by atoms with Crippen molar-refractivity contribution in [3.63, 3.8) is 0 Å². The Morgan fingerprint density at radius 2 is 0.578 bits per heavy atom. The van der Waals surface area contributed by atoms with Crippen molar-refractivity contribution in [3.8, 4) is 0 Å². The molecule has 6 nitrogen and oxygen atoms in total. The molecule has 368 valence electrons. The van der Waals surface area contributed by atoms with Crippen LogP contribution in [0.5, 0.6) is 0 Å². The minimum Gasteiger partial charge on any atom is -0.462 e. The number of hydrogen-bond donors (Lipinski definition) is 0. The first kappa shape index (κ1) is 60.9. The lowest BCUT2D eigenvalue weighted by molar-refractivity contribution is -0.167. The number of hydrogen-bond acceptors (Lipinski definition) is 6. The van der Waals surface area contributed by atoms with Crippen molar-refractivity contribution in [2.24, 2.45) is 0 Å². The van der Waals surface area contributed by atoms with Gasteiger partial charge < -0.3 is 14.2 Å². The molecule has 64 heavy (non-hydrogen) atoms. The van der Waals surface area contributed by atoms with Crippen LogP contribution in [0.4, 0.5) is 0 Å². The second kappa shape index (κ2) is 52.5. The van der Waals surface area contributed by atoms with Crippen LogP contribution in [0.25, 0.3) is 0 Å². The lowest BCUT2D eigenvalue weighted by Crippen LogP contribution is -2.30. The molecule has 0 saturated carbocycles. The smallest absolute Gasteiger partial charge is 0.306 e. The second-order valence-corrected chi connectivity index (χ2v) is 17.8. The van der Waals surface area contributed by atoms with Crippen molar-refractivity contribution in [3.05, 3.63) is 72.9 Å². The molecule has 0 saturated heterocycles. The van der Waals surface area contributed by atoms with Gasteiger partial charge in [0.25, 0.3) is 0 Å². The second-order valence-electron chi connectivity index (χ2n) is 17.8. The van der Waals surface area contributed by atoms with Gasteiger partial charge in [-0.3, -0.25) is 14.4 Å². The van der Waals surface area contributed by atoms with Gasteiger partial charge in [-0.25, -0.2) is 0 Å². The first-order valence-corrected chi connectivity index (χ1v) is 26.9. The normalized spacial score (nSPS) is 12.6. The van der Waals surface area contributed by atoms with Crippen LogP contribution in [0.2, 0.25) is 0 Å². The highest BCUT2D eigenvalue weighted by molar-refractivity contribution is 5.71. The molecule has 1 atom stereocenters. The Hall–Kier alpha value is -3.15. The van der Waals surface area contributed by atoms with Crippen molar-refractivity contribution in [1.29, 1.82) is 0 Å². The highest BCUT2D eigenvalue weighted by Crippen LogP contribution is 2.14. The van der Waals surface area contributed by atoms with Crippen LogP contribution in [0.15, 0.2) is 72.9 Å². The van der Waals surface area contributed by atoms with E-state index in [0.29, 0.717) is 19.3 Å². The molecule has 1 unspecified atom stereocenters. The Morgan fingerprint density at radius 3 is 0.984 bits per heavy atom. The number of allylic oxidation sites excluding steroid dienone is 12. The zero-order chi connectivity index (χ0) is 46.5. The summed E-state index contributed by atoms with van der Waals surface area (Å²) in [7, 11) is 0. The van der Waals surface area contributed by atoms with Crippen molar-refractivity contribution in [2.75, 3.05) is 13.2 Å². The SMILES string of the molecule is CCCCC/C=C\C/C=C\C/C=C\C/C=C\CCCC(=O)OCC(COC(=O)CCCCCCC/C=C\CCCCC)OC(=O)CCCCCCCCC/C=C\CCCCCCCC. The van der Waals surface area contributed by atoms with Crippen LogP contribution < -0.4 is 0 Å². The Bertz CT molecular complexity index is 1210. The van der Waals surface area contributed by atoms with E-state index in [1.165, 1.54) is 141 Å². The average molecular weight is 893 g/mol. The average Bonchev–Trinajstić information content (AvgIpc) is 3.29. The summed E-state index contributed by atoms with van der Waals surface area (Å²) < 4.78 is 16.8. The zero-order valence-corrected chi connectivity index (χ0v) is 42.0. The minimum absolute atomic E-state index is 0.0983. The van der Waals surface area contributed by atoms with Crippen molar-refractivity contribution >= 4 is 17.9 Å². The maximum atomic E-state index is 12.8. The molecule has 0 aromatic heterocycles. The number of esters is 3. The quantitative estimate of drug-likeness (QED) is 0.0262. The molecule has 6 heteroatoms. The summed E-state index contributed by atoms with van der Waals surface area (Å²) in [6.45, 7) is 6.53. The van der Waals surface area contributed by atoms with Gasteiger partial charge in [0, 0.05) is 19.3 Å². The monoisotopic (exact) mass is 893 g/mol. The summed E-state index contributed by atoms with van der Waals surface area (Å²) in [6, 6.07) is 0. The van der Waals surface area contributed by atoms with E-state index in [4.69, 9.17) is 14.2 Å². The predicted octanol–water partition coefficient (Wildman–Crippen LogP) is 17.8. The number of ether oxygens (including phenoxy) is 3. The fourth-order valence-electron chi connectivity index (χ4n) is 7.31. The third-order valence-corrected chi connectivity index (χ3v) is 11.4. The number of carbonyl (C=O) groups is 3. The highest BCUT2D eigenvalue weighted by Gasteiger charge is 2.19. The zero-order valence-electron chi connectivity index (χ0n) is 42.0. The molecule has 0 fully saturated rings. The van der Waals surface area contributed by atoms with E-state index in [1.54, 1.807) is 0 Å². The third kappa shape index (κ3) is 49.9. The minimum atomic E-state index is -0.802. The molecular weight excluding hydrogens is 793 g/mol. The Morgan fingerprint density at radius 1 is 0.312 bits per heavy atom. The topological polar surface area (TPSA) is 78.9 Å². The van der Waals surface area contributed by atoms with Crippen molar-refractivity contribution in [1.82, 2.24) is 0 Å². The maximum absolute atomic E-state index is 12.8. The maximum Gasteiger partial charge on any atom is 0.306 e. The van der Waals surface area contributed by atoms with Gasteiger partial charge in [0.1, 0.15) is 13.2 Å². The van der Waals surface area contributed by atoms with Crippen molar-refractivity contribution in [2.45, 2.75) is 264 Å². The van der Waals surface area contributed by atoms with Gasteiger partial charge in [-0.05, 0) is 109 Å². The van der Waals surface area contributed by atoms with Gasteiger partial charge in [0.15, 0.2) is 6.10 Å². The largest absolute Gasteiger partial charge is 0.462 e. The summed E-state index contributed by atoms with van der Waals surface area (Å²) in [5.41, 5.74) is 0. The molecule has 0 bridgehead atoms. The van der Waals surface area contributed by atoms with E-state index >= 15 is 0 Å². The Kier molecular flexibility index (Phi) is 49.9. The van der Waals surface area contributed by atoms with Gasteiger partial charge in [-0.2, -0.15) is 0 Å². The molecule has 0 heterocycles. The van der Waals surface area contributed by atoms with Gasteiger partial charge in [-0.1, -0.05) is 203 Å². The van der Waals surface area contributed by atoms with E-state index in [-0.39, 0.29) is 37.5 Å². The van der Waals surface area contributed by atoms with E-state index < -0.39 is 6.10 Å². The lowest BCUT2D eigenvalue weighted by atomic mass is 10.1. The van der Waals surface area contributed by atoms with Crippen LogP contribution in [0.3, 0.4) is 0 Å². The Labute approximate surface area is 395 Å². The fraction of sp³-hybridized carbons (Fsp3) is 0.741. The molecular formula is C58H100O6. The van der Waals surface area contributed by atoms with Gasteiger partial charge in [0.2, 0.25) is 0 Å². The molecule has 0 rings (SSSR count).